The van der Waals surface area contributed by atoms with Gasteiger partial charge in [-0.2, -0.15) is 0 Å². The lowest BCUT2D eigenvalue weighted by Crippen LogP contribution is -2.10. The van der Waals surface area contributed by atoms with E-state index in [9.17, 15) is 0 Å². The highest BCUT2D eigenvalue weighted by Crippen LogP contribution is 2.25. The van der Waals surface area contributed by atoms with Crippen molar-refractivity contribution in [2.24, 2.45) is 0 Å². The molecular weight excluding hydrogens is 224 g/mol. The molecule has 0 bridgehead atoms. The molecule has 2 aromatic heterocycles. The summed E-state index contributed by atoms with van der Waals surface area (Å²) in [6.07, 6.45) is 1.76. The van der Waals surface area contributed by atoms with Gasteiger partial charge in [0.25, 0.3) is 0 Å². The second kappa shape index (κ2) is 4.14. The van der Waals surface area contributed by atoms with E-state index in [1.54, 1.807) is 6.20 Å². The van der Waals surface area contributed by atoms with Gasteiger partial charge in [0.1, 0.15) is 5.52 Å². The zero-order valence-corrected chi connectivity index (χ0v) is 10.1. The predicted molar refractivity (Wildman–Crippen MR) is 72.2 cm³/mol. The Kier molecular flexibility index (Phi) is 2.48. The van der Waals surface area contributed by atoms with Gasteiger partial charge in [0.15, 0.2) is 5.65 Å². The number of aromatic nitrogens is 3. The van der Waals surface area contributed by atoms with Crippen molar-refractivity contribution < 1.29 is 0 Å². The van der Waals surface area contributed by atoms with Crippen LogP contribution in [0, 0.1) is 0 Å². The van der Waals surface area contributed by atoms with E-state index >= 15 is 0 Å². The van der Waals surface area contributed by atoms with Crippen molar-refractivity contribution in [2.45, 2.75) is 13.0 Å². The van der Waals surface area contributed by atoms with Crippen LogP contribution in [0.3, 0.4) is 0 Å². The zero-order chi connectivity index (χ0) is 12.5. The second-order valence-corrected chi connectivity index (χ2v) is 4.27. The average Bonchev–Trinajstić information content (AvgIpc) is 2.75. The van der Waals surface area contributed by atoms with Crippen molar-refractivity contribution in [1.82, 2.24) is 14.5 Å². The molecule has 90 valence electrons. The first-order valence-electron chi connectivity index (χ1n) is 5.91. The third kappa shape index (κ3) is 1.62. The van der Waals surface area contributed by atoms with E-state index in [0.717, 1.165) is 11.2 Å². The van der Waals surface area contributed by atoms with Crippen molar-refractivity contribution in [1.29, 1.82) is 0 Å². The molecule has 1 aromatic carbocycles. The van der Waals surface area contributed by atoms with E-state index in [1.807, 2.05) is 34.9 Å². The third-order valence-corrected chi connectivity index (χ3v) is 3.15. The van der Waals surface area contributed by atoms with Crippen LogP contribution < -0.4 is 5.73 Å². The van der Waals surface area contributed by atoms with Crippen LogP contribution in [0.2, 0.25) is 0 Å². The highest BCUT2D eigenvalue weighted by atomic mass is 15.2. The summed E-state index contributed by atoms with van der Waals surface area (Å²) < 4.78 is 1.96. The van der Waals surface area contributed by atoms with Crippen molar-refractivity contribution >= 4 is 17.1 Å². The molecule has 0 saturated carbocycles. The number of nitrogen functional groups attached to an aromatic ring is 1. The Bertz CT molecular complexity index is 673. The largest absolute Gasteiger partial charge is 0.369 e. The number of nitrogens with zero attached hydrogens (tertiary/aromatic N) is 3. The highest BCUT2D eigenvalue weighted by molar-refractivity contribution is 5.74. The lowest BCUT2D eigenvalue weighted by molar-refractivity contribution is 0.662. The molecule has 0 spiro atoms. The standard InChI is InChI=1S/C14H14N4/c1-10(11-6-3-2-4-7-11)18-13-12(17-14(18)15)8-5-9-16-13/h2-10H,1H3,(H2,15,17). The number of rotatable bonds is 2. The molecule has 1 atom stereocenters. The summed E-state index contributed by atoms with van der Waals surface area (Å²) in [5, 5.41) is 0. The molecule has 0 radical (unpaired) electrons. The van der Waals surface area contributed by atoms with Crippen LogP contribution in [0.1, 0.15) is 18.5 Å². The summed E-state index contributed by atoms with van der Waals surface area (Å²) in [5.74, 6) is 0.500. The smallest absolute Gasteiger partial charge is 0.203 e. The number of nitrogens with two attached hydrogens (primary N) is 1. The Morgan fingerprint density at radius 2 is 1.89 bits per heavy atom. The Balaban J connectivity index is 2.17. The zero-order valence-electron chi connectivity index (χ0n) is 10.1. The molecule has 1 unspecified atom stereocenters. The maximum absolute atomic E-state index is 6.00. The maximum atomic E-state index is 6.00. The Morgan fingerprint density at radius 1 is 1.11 bits per heavy atom. The summed E-state index contributed by atoms with van der Waals surface area (Å²) >= 11 is 0. The van der Waals surface area contributed by atoms with Crippen LogP contribution in [0.25, 0.3) is 11.2 Å². The topological polar surface area (TPSA) is 56.7 Å². The van der Waals surface area contributed by atoms with Crippen molar-refractivity contribution in [3.63, 3.8) is 0 Å². The van der Waals surface area contributed by atoms with Crippen LogP contribution in [0.4, 0.5) is 5.95 Å². The fourth-order valence-corrected chi connectivity index (χ4v) is 2.21. The Hall–Kier alpha value is -2.36. The van der Waals surface area contributed by atoms with Crippen molar-refractivity contribution in [3.05, 3.63) is 54.2 Å². The first-order valence-corrected chi connectivity index (χ1v) is 5.91. The van der Waals surface area contributed by atoms with Gasteiger partial charge in [-0.1, -0.05) is 30.3 Å². The van der Waals surface area contributed by atoms with E-state index in [4.69, 9.17) is 5.73 Å². The lowest BCUT2D eigenvalue weighted by Gasteiger charge is -2.15. The van der Waals surface area contributed by atoms with Crippen LogP contribution in [-0.2, 0) is 0 Å². The minimum atomic E-state index is 0.117. The monoisotopic (exact) mass is 238 g/mol. The maximum Gasteiger partial charge on any atom is 0.203 e. The molecule has 18 heavy (non-hydrogen) atoms. The van der Waals surface area contributed by atoms with Crippen molar-refractivity contribution in [3.8, 4) is 0 Å². The van der Waals surface area contributed by atoms with Crippen molar-refractivity contribution in [2.75, 3.05) is 5.73 Å². The molecule has 0 aliphatic heterocycles. The Labute approximate surface area is 105 Å². The second-order valence-electron chi connectivity index (χ2n) is 4.27. The fraction of sp³-hybridized carbons (Fsp3) is 0.143. The van der Waals surface area contributed by atoms with Gasteiger partial charge in [0.05, 0.1) is 6.04 Å². The summed E-state index contributed by atoms with van der Waals surface area (Å²) in [4.78, 5) is 8.71. The first-order chi connectivity index (χ1) is 8.77. The van der Waals surface area contributed by atoms with Gasteiger partial charge >= 0.3 is 0 Å². The van der Waals surface area contributed by atoms with E-state index in [-0.39, 0.29) is 6.04 Å². The predicted octanol–water partition coefficient (Wildman–Crippen LogP) is 2.62. The van der Waals surface area contributed by atoms with E-state index in [1.165, 1.54) is 5.56 Å². The molecule has 0 aliphatic rings. The molecule has 3 aromatic rings. The van der Waals surface area contributed by atoms with Crippen LogP contribution in [0.5, 0.6) is 0 Å². The Morgan fingerprint density at radius 3 is 2.67 bits per heavy atom. The highest BCUT2D eigenvalue weighted by Gasteiger charge is 2.15. The van der Waals surface area contributed by atoms with Gasteiger partial charge in [0.2, 0.25) is 5.95 Å². The van der Waals surface area contributed by atoms with Gasteiger partial charge in [0, 0.05) is 6.20 Å². The minimum Gasteiger partial charge on any atom is -0.369 e. The van der Waals surface area contributed by atoms with E-state index in [2.05, 4.69) is 29.0 Å². The quantitative estimate of drug-likeness (QED) is 0.746. The third-order valence-electron chi connectivity index (χ3n) is 3.15. The van der Waals surface area contributed by atoms with Gasteiger partial charge < -0.3 is 5.73 Å². The van der Waals surface area contributed by atoms with Gasteiger partial charge in [-0.15, -0.1) is 0 Å². The van der Waals surface area contributed by atoms with E-state index < -0.39 is 0 Å². The number of benzene rings is 1. The minimum absolute atomic E-state index is 0.117. The summed E-state index contributed by atoms with van der Waals surface area (Å²) in [6.45, 7) is 2.10. The van der Waals surface area contributed by atoms with Gasteiger partial charge in [-0.3, -0.25) is 4.57 Å². The first kappa shape index (κ1) is 10.8. The summed E-state index contributed by atoms with van der Waals surface area (Å²) in [6, 6.07) is 14.1. The molecule has 0 saturated heterocycles. The lowest BCUT2D eigenvalue weighted by atomic mass is 10.1. The normalized spacial score (nSPS) is 12.7. The molecular formula is C14H14N4. The molecule has 0 amide bonds. The van der Waals surface area contributed by atoms with Crippen LogP contribution in [-0.4, -0.2) is 14.5 Å². The molecule has 4 nitrogen and oxygen atoms in total. The van der Waals surface area contributed by atoms with E-state index in [0.29, 0.717) is 5.95 Å². The molecule has 0 aliphatic carbocycles. The number of hydrogen-bond donors (Lipinski definition) is 1. The van der Waals surface area contributed by atoms with Crippen LogP contribution in [0.15, 0.2) is 48.7 Å². The number of pyridine rings is 1. The molecule has 2 N–H and O–H groups in total. The molecule has 0 fully saturated rings. The SMILES string of the molecule is CC(c1ccccc1)n1c(N)nc2cccnc21. The van der Waals surface area contributed by atoms with Crippen LogP contribution >= 0.6 is 0 Å². The number of fused-ring (bicyclic) bond motifs is 1. The van der Waals surface area contributed by atoms with Gasteiger partial charge in [-0.25, -0.2) is 9.97 Å². The van der Waals surface area contributed by atoms with Gasteiger partial charge in [-0.05, 0) is 24.6 Å². The summed E-state index contributed by atoms with van der Waals surface area (Å²) in [7, 11) is 0. The number of hydrogen-bond acceptors (Lipinski definition) is 3. The number of imidazole rings is 1. The molecule has 2 heterocycles. The fourth-order valence-electron chi connectivity index (χ4n) is 2.21. The molecule has 4 heteroatoms. The average molecular weight is 238 g/mol. The number of anilines is 1. The molecule has 3 rings (SSSR count). The summed E-state index contributed by atoms with van der Waals surface area (Å²) in [5.41, 5.74) is 8.85.